The molecule has 11 heteroatoms. The molecule has 0 aromatic carbocycles. The zero-order chi connectivity index (χ0) is 43.2. The Kier molecular flexibility index (Phi) is 35.1. The van der Waals surface area contributed by atoms with Crippen molar-refractivity contribution < 1.29 is 55.5 Å². The zero-order valence-corrected chi connectivity index (χ0v) is 34.3. The van der Waals surface area contributed by atoms with Crippen LogP contribution in [0.25, 0.3) is 0 Å². The van der Waals surface area contributed by atoms with Crippen molar-refractivity contribution in [1.82, 2.24) is 0 Å². The number of Topliss-reactive ketones (excluding diaryl/α,β-unsaturated/α-hetero) is 1. The van der Waals surface area contributed by atoms with E-state index in [-0.39, 0.29) is 25.0 Å². The van der Waals surface area contributed by atoms with E-state index in [1.807, 2.05) is 5.92 Å². The van der Waals surface area contributed by atoms with Crippen LogP contribution in [0.3, 0.4) is 0 Å². The number of hydrogen-bond acceptors (Lipinski definition) is 10. The monoisotopic (exact) mass is 810 g/mol. The van der Waals surface area contributed by atoms with Gasteiger partial charge in [-0.3, -0.25) is 4.79 Å². The van der Waals surface area contributed by atoms with Gasteiger partial charge < -0.3 is 46.0 Å². The van der Waals surface area contributed by atoms with Gasteiger partial charge >= 0.3 is 5.97 Å². The molecule has 0 aliphatic heterocycles. The number of aliphatic hydroxyl groups is 8. The highest BCUT2D eigenvalue weighted by molar-refractivity contribution is 5.86. The van der Waals surface area contributed by atoms with Crippen molar-refractivity contribution in [2.24, 2.45) is 0 Å². The van der Waals surface area contributed by atoms with E-state index in [1.54, 1.807) is 12.2 Å². The molecule has 0 aliphatic carbocycles. The number of hydrogen-bond donors (Lipinski definition) is 9. The number of terminal acetylenes is 1. The summed E-state index contributed by atoms with van der Waals surface area (Å²) in [5, 5.41) is 87.1. The molecule has 9 N–H and O–H groups in total. The van der Waals surface area contributed by atoms with Gasteiger partial charge in [-0.25, -0.2) is 4.79 Å². The maximum absolute atomic E-state index is 12.3. The highest BCUT2D eigenvalue weighted by Crippen LogP contribution is 2.15. The molecule has 8 atom stereocenters. The van der Waals surface area contributed by atoms with Crippen molar-refractivity contribution in [2.45, 2.75) is 197 Å². The Balaban J connectivity index is 3.78. The van der Waals surface area contributed by atoms with E-state index in [2.05, 4.69) is 47.7 Å². The molecule has 0 radical (unpaired) electrons. The molecule has 0 amide bonds. The smallest absolute Gasteiger partial charge is 0.381 e. The Morgan fingerprint density at radius 1 is 0.534 bits per heavy atom. The third kappa shape index (κ3) is 36.6. The van der Waals surface area contributed by atoms with Crippen molar-refractivity contribution >= 4 is 11.8 Å². The van der Waals surface area contributed by atoms with E-state index < -0.39 is 54.8 Å². The largest absolute Gasteiger partial charge is 0.472 e. The normalized spacial score (nSPS) is 15.5. The molecular formula is C47H70O11. The Hall–Kier alpha value is -3.72. The highest BCUT2D eigenvalue weighted by atomic mass is 16.4. The van der Waals surface area contributed by atoms with Crippen LogP contribution in [0.2, 0.25) is 0 Å². The lowest BCUT2D eigenvalue weighted by Gasteiger charge is -2.11. The van der Waals surface area contributed by atoms with Crippen LogP contribution in [-0.2, 0) is 9.59 Å². The number of allylic oxidation sites excluding steroid dienone is 2. The number of rotatable bonds is 32. The number of ketones is 1. The lowest BCUT2D eigenvalue weighted by atomic mass is 10.00. The first kappa shape index (κ1) is 54.3. The minimum atomic E-state index is -1.31. The van der Waals surface area contributed by atoms with Crippen molar-refractivity contribution in [2.75, 3.05) is 0 Å². The number of aliphatic hydroxyl groups excluding tert-OH is 8. The number of aliphatic carboxylic acids is 1. The van der Waals surface area contributed by atoms with Crippen LogP contribution in [-0.4, -0.2) is 107 Å². The van der Waals surface area contributed by atoms with Gasteiger partial charge in [0.05, 0.1) is 12.2 Å². The number of carboxylic acid groups (broad SMARTS) is 1. The molecule has 8 unspecified atom stereocenters. The van der Waals surface area contributed by atoms with Crippen LogP contribution in [0.4, 0.5) is 0 Å². The van der Waals surface area contributed by atoms with Gasteiger partial charge in [0.25, 0.3) is 0 Å². The van der Waals surface area contributed by atoms with Gasteiger partial charge in [0, 0.05) is 25.2 Å². The molecule has 0 aliphatic rings. The van der Waals surface area contributed by atoms with Crippen LogP contribution in [0.5, 0.6) is 0 Å². The standard InChI is InChI=1S/C47H70O11/c1-2-38(48)29-30-40(50)24-21-22-25-41(51)32-34-42(52)33-31-39(49)23-17-13-9-7-5-3-4-6-8-10-15-19-27-45(55)46(56)28-20-16-12-11-14-18-26-43(53)37-44(54)35-36-47(57)58/h1,7,9,21-22,29-30,38-45,48-55H,3-6,8,10-20,23-28,37H2,(H,57,58). The maximum atomic E-state index is 12.3. The summed E-state index contributed by atoms with van der Waals surface area (Å²) in [5.41, 5.74) is 0. The fourth-order valence-corrected chi connectivity index (χ4v) is 5.79. The molecule has 0 saturated carbocycles. The topological polar surface area (TPSA) is 216 Å². The molecule has 0 aromatic heterocycles. The lowest BCUT2D eigenvalue weighted by molar-refractivity contribution is -0.130. The Morgan fingerprint density at radius 3 is 1.72 bits per heavy atom. The number of carboxylic acids is 1. The van der Waals surface area contributed by atoms with E-state index in [0.717, 1.165) is 103 Å². The number of carbonyl (C=O) groups is 2. The number of carbonyl (C=O) groups excluding carboxylic acids is 1. The average molecular weight is 811 g/mol. The summed E-state index contributed by atoms with van der Waals surface area (Å²) in [6, 6.07) is 0. The van der Waals surface area contributed by atoms with Crippen LogP contribution in [0, 0.1) is 47.9 Å². The Labute approximate surface area is 347 Å². The van der Waals surface area contributed by atoms with E-state index in [9.17, 15) is 50.4 Å². The first-order valence-corrected chi connectivity index (χ1v) is 21.0. The molecule has 0 spiro atoms. The molecule has 11 nitrogen and oxygen atoms in total. The lowest BCUT2D eigenvalue weighted by Crippen LogP contribution is -2.19. The molecule has 0 aromatic rings. The van der Waals surface area contributed by atoms with Gasteiger partial charge in [-0.05, 0) is 63.9 Å². The second-order valence-corrected chi connectivity index (χ2v) is 14.6. The maximum Gasteiger partial charge on any atom is 0.381 e. The summed E-state index contributed by atoms with van der Waals surface area (Å²) in [6.07, 6.45) is 25.4. The SMILES string of the molecule is C#CC(O)C=CC(O)CC=CCC(O)C#CC(O)C#CC(O)CCCC=CCCCCCCCCCC(O)C(=O)CCCCCCCCC(O)CC(O)C#CC(=O)O. The zero-order valence-electron chi connectivity index (χ0n) is 34.3. The number of unbranched alkanes of at least 4 members (excludes halogenated alkanes) is 13. The molecule has 0 saturated heterocycles. The molecular weight excluding hydrogens is 741 g/mol. The minimum Gasteiger partial charge on any atom is -0.472 e. The molecule has 0 bridgehead atoms. The van der Waals surface area contributed by atoms with Crippen LogP contribution in [0.15, 0.2) is 36.5 Å². The van der Waals surface area contributed by atoms with Crippen molar-refractivity contribution in [3.63, 3.8) is 0 Å². The fraction of sp³-hybridized carbons (Fsp3) is 0.660. The van der Waals surface area contributed by atoms with Gasteiger partial charge in [-0.2, -0.15) is 0 Å². The summed E-state index contributed by atoms with van der Waals surface area (Å²) >= 11 is 0. The first-order valence-electron chi connectivity index (χ1n) is 21.0. The van der Waals surface area contributed by atoms with Crippen molar-refractivity contribution in [3.05, 3.63) is 36.5 Å². The quantitative estimate of drug-likeness (QED) is 0.0255. The Bertz CT molecular complexity index is 1410. The van der Waals surface area contributed by atoms with Crippen LogP contribution >= 0.6 is 0 Å². The van der Waals surface area contributed by atoms with Gasteiger partial charge in [-0.15, -0.1) is 6.42 Å². The average Bonchev–Trinajstić information content (AvgIpc) is 3.19. The molecule has 324 valence electrons. The van der Waals surface area contributed by atoms with Crippen molar-refractivity contribution in [3.8, 4) is 47.9 Å². The van der Waals surface area contributed by atoms with Crippen LogP contribution < -0.4 is 0 Å². The highest BCUT2D eigenvalue weighted by Gasteiger charge is 2.14. The molecule has 0 fully saturated rings. The summed E-state index contributed by atoms with van der Waals surface area (Å²) in [4.78, 5) is 22.6. The van der Waals surface area contributed by atoms with Gasteiger partial charge in [0.1, 0.15) is 30.5 Å². The van der Waals surface area contributed by atoms with E-state index in [0.29, 0.717) is 25.7 Å². The fourth-order valence-electron chi connectivity index (χ4n) is 5.79. The molecule has 58 heavy (non-hydrogen) atoms. The van der Waals surface area contributed by atoms with E-state index >= 15 is 0 Å². The van der Waals surface area contributed by atoms with Gasteiger partial charge in [0.15, 0.2) is 11.9 Å². The van der Waals surface area contributed by atoms with Crippen LogP contribution in [0.1, 0.15) is 148 Å². The second-order valence-electron chi connectivity index (χ2n) is 14.6. The van der Waals surface area contributed by atoms with Crippen molar-refractivity contribution in [1.29, 1.82) is 0 Å². The molecule has 0 rings (SSSR count). The second kappa shape index (κ2) is 37.5. The summed E-state index contributed by atoms with van der Waals surface area (Å²) < 4.78 is 0. The summed E-state index contributed by atoms with van der Waals surface area (Å²) in [6.45, 7) is 0. The van der Waals surface area contributed by atoms with E-state index in [1.165, 1.54) is 12.2 Å². The minimum absolute atomic E-state index is 0.0314. The molecule has 0 heterocycles. The first-order chi connectivity index (χ1) is 27.8. The summed E-state index contributed by atoms with van der Waals surface area (Å²) in [5.74, 6) is 14.8. The predicted molar refractivity (Wildman–Crippen MR) is 226 cm³/mol. The van der Waals surface area contributed by atoms with Gasteiger partial charge in [-0.1, -0.05) is 137 Å². The Morgan fingerprint density at radius 2 is 1.09 bits per heavy atom. The predicted octanol–water partition coefficient (Wildman–Crippen LogP) is 4.81. The third-order valence-corrected chi connectivity index (χ3v) is 9.15. The van der Waals surface area contributed by atoms with Gasteiger partial charge in [0.2, 0.25) is 0 Å². The van der Waals surface area contributed by atoms with E-state index in [4.69, 9.17) is 11.5 Å². The summed E-state index contributed by atoms with van der Waals surface area (Å²) in [7, 11) is 0. The third-order valence-electron chi connectivity index (χ3n) is 9.15.